The predicted molar refractivity (Wildman–Crippen MR) is 268 cm³/mol. The molecular weight excluding hydrogens is 953 g/mol. The van der Waals surface area contributed by atoms with Gasteiger partial charge < -0.3 is 38.8 Å². The zero-order valence-corrected chi connectivity index (χ0v) is 46.4. The number of nitrogens with zero attached hydrogens (tertiary/aromatic N) is 1. The molecule has 6 unspecified atom stereocenters. The molecule has 1 heterocycles. The Balaban J connectivity index is 1.30. The van der Waals surface area contributed by atoms with Gasteiger partial charge in [0.15, 0.2) is 0 Å². The van der Waals surface area contributed by atoms with Crippen molar-refractivity contribution in [3.63, 3.8) is 0 Å². The van der Waals surface area contributed by atoms with E-state index in [1.165, 1.54) is 48.5 Å². The number of nitrogens with one attached hydrogen (secondary N) is 1. The Kier molecular flexibility index (Phi) is 14.6. The molecule has 0 radical (unpaired) electrons. The first-order valence-electron chi connectivity index (χ1n) is 27.8. The van der Waals surface area contributed by atoms with Crippen LogP contribution < -0.4 is 5.32 Å². The van der Waals surface area contributed by atoms with Crippen LogP contribution in [0.3, 0.4) is 0 Å². The van der Waals surface area contributed by atoms with Crippen LogP contribution in [0.2, 0.25) is 0 Å². The number of carbonyl (C=O) groups excluding carboxylic acids is 7. The molecule has 1 amide bonds. The molecule has 8 bridgehead atoms. The molecular formula is C57H86N2O15. The molecule has 17 nitrogen and oxygen atoms in total. The van der Waals surface area contributed by atoms with Gasteiger partial charge in [-0.2, -0.15) is 0 Å². The third-order valence-corrected chi connectivity index (χ3v) is 21.3. The summed E-state index contributed by atoms with van der Waals surface area (Å²) in [6.07, 6.45) is 9.80. The monoisotopic (exact) mass is 1040 g/mol. The van der Waals surface area contributed by atoms with E-state index in [9.17, 15) is 14.7 Å². The number of hydrogen-bond acceptors (Lipinski definition) is 16. The Morgan fingerprint density at radius 1 is 0.662 bits per heavy atom. The molecule has 0 aromatic heterocycles. The number of hydrogen-bond donors (Lipinski definition) is 2. The van der Waals surface area contributed by atoms with Crippen molar-refractivity contribution in [3.05, 3.63) is 0 Å². The van der Waals surface area contributed by atoms with E-state index in [2.05, 4.69) is 10.5 Å². The third kappa shape index (κ3) is 9.44. The highest BCUT2D eigenvalue weighted by molar-refractivity contribution is 6.01. The van der Waals surface area contributed by atoms with E-state index in [0.717, 1.165) is 51.4 Å². The first-order chi connectivity index (χ1) is 34.3. The first-order valence-corrected chi connectivity index (χ1v) is 27.8. The van der Waals surface area contributed by atoms with Crippen molar-refractivity contribution in [2.24, 2.45) is 67.7 Å². The number of carbonyl (C=O) groups is 7. The van der Waals surface area contributed by atoms with Crippen LogP contribution in [0.5, 0.6) is 0 Å². The zero-order valence-electron chi connectivity index (χ0n) is 46.4. The highest BCUT2D eigenvalue weighted by atomic mass is 16.7. The average Bonchev–Trinajstić information content (AvgIpc) is 3.73. The fourth-order valence-corrected chi connectivity index (χ4v) is 16.1. The molecule has 9 aliphatic carbocycles. The maximum atomic E-state index is 16.6. The molecule has 0 aromatic rings. The fraction of sp³-hybridized carbons (Fsp3) is 0.860. The van der Waals surface area contributed by atoms with Crippen LogP contribution in [0.4, 0.5) is 4.79 Å². The van der Waals surface area contributed by atoms with Crippen LogP contribution >= 0.6 is 0 Å². The van der Waals surface area contributed by atoms with Gasteiger partial charge in [0.05, 0.1) is 58.0 Å². The summed E-state index contributed by atoms with van der Waals surface area (Å²) in [5, 5.41) is 18.2. The van der Waals surface area contributed by atoms with Gasteiger partial charge >= 0.3 is 41.9 Å². The van der Waals surface area contributed by atoms with Crippen LogP contribution in [0.25, 0.3) is 0 Å². The summed E-state index contributed by atoms with van der Waals surface area (Å²) in [5.74, 6) is -4.50. The van der Waals surface area contributed by atoms with E-state index in [1.54, 1.807) is 13.8 Å². The van der Waals surface area contributed by atoms with Crippen molar-refractivity contribution < 1.29 is 71.9 Å². The number of amides is 1. The van der Waals surface area contributed by atoms with Gasteiger partial charge in [0.2, 0.25) is 0 Å². The number of oxime groups is 1. The number of esters is 6. The van der Waals surface area contributed by atoms with Crippen LogP contribution in [0.1, 0.15) is 199 Å². The molecule has 414 valence electrons. The molecule has 10 aliphatic rings. The quantitative estimate of drug-likeness (QED) is 0.0326. The molecule has 10 rings (SSSR count). The van der Waals surface area contributed by atoms with Crippen molar-refractivity contribution in [3.8, 4) is 0 Å². The molecule has 6 atom stereocenters. The van der Waals surface area contributed by atoms with Crippen LogP contribution in [-0.4, -0.2) is 100 Å². The summed E-state index contributed by atoms with van der Waals surface area (Å²) in [6, 6.07) is 0. The van der Waals surface area contributed by atoms with E-state index >= 15 is 24.0 Å². The maximum absolute atomic E-state index is 16.6. The minimum atomic E-state index is -2.65. The van der Waals surface area contributed by atoms with Crippen molar-refractivity contribution >= 4 is 47.6 Å². The number of cyclic esters (lactones) is 1. The Morgan fingerprint density at radius 2 is 1.18 bits per heavy atom. The molecule has 10 fully saturated rings. The van der Waals surface area contributed by atoms with Gasteiger partial charge in [-0.3, -0.25) is 33.6 Å². The minimum Gasteiger partial charge on any atom is -0.465 e. The van der Waals surface area contributed by atoms with Gasteiger partial charge in [0.25, 0.3) is 0 Å². The molecule has 17 heteroatoms. The summed E-state index contributed by atoms with van der Waals surface area (Å²) in [4.78, 5) is 111. The van der Waals surface area contributed by atoms with Gasteiger partial charge in [-0.15, -0.1) is 0 Å². The summed E-state index contributed by atoms with van der Waals surface area (Å²) >= 11 is 0. The van der Waals surface area contributed by atoms with Crippen LogP contribution in [0, 0.1) is 62.6 Å². The minimum absolute atomic E-state index is 0.0160. The molecule has 1 aliphatic heterocycles. The number of aliphatic hydroxyl groups is 1. The van der Waals surface area contributed by atoms with E-state index in [-0.39, 0.29) is 56.1 Å². The van der Waals surface area contributed by atoms with Gasteiger partial charge in [-0.25, -0.2) is 4.79 Å². The summed E-state index contributed by atoms with van der Waals surface area (Å²) in [5.41, 5.74) is -16.9. The van der Waals surface area contributed by atoms with Gasteiger partial charge in [-0.1, -0.05) is 12.1 Å². The van der Waals surface area contributed by atoms with Gasteiger partial charge in [-0.05, 0) is 208 Å². The van der Waals surface area contributed by atoms with Crippen molar-refractivity contribution in [2.75, 3.05) is 19.8 Å². The molecule has 74 heavy (non-hydrogen) atoms. The standard InChI is InChI=1S/C57H86N2O15/c1-13-34(2)59-74-47(66)58-19-21-69-44(63)55(12,54(11,48(3,4)42(61)70-50(7)16-14-15-17-50)46(65)72-52(9)39-24-35-22-36(26-39)27-40(52)25-35)53(10,45(64)71-51(8)18-20-68-41(60)32-51)49(5,6)43(62)73-57-30-37-23-38(31-57)29-56(67,28-37)33-57/h35-40,67H,13-33H2,1-12H3,(H,58,66). The SMILES string of the molecule is CCC(C)=NOC(=O)NCCOC(=O)C(C)(C(C)(C(=O)OC1(C)CCOC(=O)C1)C(C)(C)C(=O)OC12CC3CC(CC(O)(C3)C1)C2)C(C)(C(=O)OC1(C)C2CC3CC(C2)CC1C3)C(C)(C)C(=O)OC1(C)CCCC1. The second-order valence-corrected chi connectivity index (χ2v) is 26.9. The van der Waals surface area contributed by atoms with Gasteiger partial charge in [0, 0.05) is 12.8 Å². The Hall–Kier alpha value is -4.28. The van der Waals surface area contributed by atoms with Crippen molar-refractivity contribution in [1.82, 2.24) is 5.32 Å². The lowest BCUT2D eigenvalue weighted by molar-refractivity contribution is -0.258. The average molecular weight is 1040 g/mol. The molecule has 0 aromatic carbocycles. The summed E-state index contributed by atoms with van der Waals surface area (Å²) < 4.78 is 38.3. The molecule has 0 spiro atoms. The summed E-state index contributed by atoms with van der Waals surface area (Å²) in [7, 11) is 0. The lowest BCUT2D eigenvalue weighted by atomic mass is 9.40. The molecule has 9 saturated carbocycles. The number of rotatable bonds is 18. The van der Waals surface area contributed by atoms with Crippen LogP contribution in [0.15, 0.2) is 5.16 Å². The smallest absolute Gasteiger partial charge is 0.433 e. The highest BCUT2D eigenvalue weighted by Crippen LogP contribution is 2.69. The number of ether oxygens (including phenoxy) is 6. The first kappa shape index (κ1) is 55.9. The Morgan fingerprint density at radius 3 is 1.70 bits per heavy atom. The second-order valence-electron chi connectivity index (χ2n) is 26.9. The maximum Gasteiger partial charge on any atom is 0.433 e. The van der Waals surface area contributed by atoms with Crippen LogP contribution in [-0.2, 0) is 62.0 Å². The lowest BCUT2D eigenvalue weighted by Crippen LogP contribution is -2.73. The molecule has 1 saturated heterocycles. The predicted octanol–water partition coefficient (Wildman–Crippen LogP) is 9.01. The fourth-order valence-electron chi connectivity index (χ4n) is 16.1. The highest BCUT2D eigenvalue weighted by Gasteiger charge is 2.80. The van der Waals surface area contributed by atoms with Gasteiger partial charge in [0.1, 0.15) is 29.0 Å². The van der Waals surface area contributed by atoms with Crippen molar-refractivity contribution in [1.29, 1.82) is 0 Å². The van der Waals surface area contributed by atoms with Crippen molar-refractivity contribution in [2.45, 2.75) is 227 Å². The molecule has 2 N–H and O–H groups in total. The largest absolute Gasteiger partial charge is 0.465 e. The Labute approximate surface area is 437 Å². The second kappa shape index (κ2) is 19.3. The van der Waals surface area contributed by atoms with E-state index in [0.29, 0.717) is 62.5 Å². The normalized spacial score (nSPS) is 36.3. The van der Waals surface area contributed by atoms with E-state index in [1.807, 2.05) is 20.8 Å². The van der Waals surface area contributed by atoms with E-state index in [4.69, 9.17) is 33.3 Å². The summed E-state index contributed by atoms with van der Waals surface area (Å²) in [6.45, 7) is 18.2. The zero-order chi connectivity index (χ0) is 54.3. The third-order valence-electron chi connectivity index (χ3n) is 21.3. The van der Waals surface area contributed by atoms with E-state index < -0.39 is 104 Å². The Bertz CT molecular complexity index is 2260. The topological polar surface area (TPSA) is 229 Å². The lowest BCUT2D eigenvalue weighted by Gasteiger charge is -2.63.